The van der Waals surface area contributed by atoms with Gasteiger partial charge < -0.3 is 4.74 Å². The third kappa shape index (κ3) is 6.46. The molecule has 14 radical (unpaired) electrons. The fraction of sp³-hybridized carbons (Fsp3) is 0.533. The van der Waals surface area contributed by atoms with Crippen LogP contribution in [0.25, 0.3) is 0 Å². The van der Waals surface area contributed by atoms with Crippen molar-refractivity contribution in [3.63, 3.8) is 0 Å². The Hall–Kier alpha value is -0.513. The fourth-order valence-electron chi connectivity index (χ4n) is 1.34. The van der Waals surface area contributed by atoms with E-state index in [1.165, 1.54) is 0 Å². The van der Waals surface area contributed by atoms with E-state index >= 15 is 0 Å². The monoisotopic (exact) mass is 273 g/mol. The maximum absolute atomic E-state index is 11.7. The van der Waals surface area contributed by atoms with Gasteiger partial charge in [-0.3, -0.25) is 4.90 Å². The number of rotatable bonds is 7. The number of ether oxygens (including phenoxy) is 1. The summed E-state index contributed by atoms with van der Waals surface area (Å²) in [5.74, 6) is -0.260. The number of hydrogen-bond donors (Lipinski definition) is 0. The van der Waals surface area contributed by atoms with Crippen molar-refractivity contribution in [3.05, 3.63) is 41.7 Å². The third-order valence-corrected chi connectivity index (χ3v) is 3.47. The summed E-state index contributed by atoms with van der Waals surface area (Å²) in [6.45, 7) is 32.0. The van der Waals surface area contributed by atoms with E-state index in [2.05, 4.69) is 0 Å². The van der Waals surface area contributed by atoms with E-state index in [4.69, 9.17) is 46.4 Å². The molecule has 0 aromatic carbocycles. The molecule has 0 aromatic heterocycles. The Balaban J connectivity index is 4.53. The summed E-state index contributed by atoms with van der Waals surface area (Å²) in [5.41, 5.74) is -3.24. The van der Waals surface area contributed by atoms with Crippen LogP contribution < -0.4 is 0 Å². The Bertz CT molecular complexity index is 290. The molecular formula is C15H19NO2Si. The van der Waals surface area contributed by atoms with Crippen molar-refractivity contribution in [3.8, 4) is 0 Å². The quantitative estimate of drug-likeness (QED) is 0.527. The first kappa shape index (κ1) is 18.5. The van der Waals surface area contributed by atoms with Crippen LogP contribution in [-0.4, -0.2) is 31.7 Å². The number of carbonyl (C=O) groups excluding carboxylic acids is 1. The van der Waals surface area contributed by atoms with Crippen LogP contribution in [0.2, 0.25) is 12.6 Å². The second-order valence-electron chi connectivity index (χ2n) is 4.56. The predicted octanol–water partition coefficient (Wildman–Crippen LogP) is 2.71. The Kier molecular flexibility index (Phi) is 7.12. The van der Waals surface area contributed by atoms with Crippen LogP contribution in [0.4, 0.5) is 4.79 Å². The van der Waals surface area contributed by atoms with Crippen molar-refractivity contribution >= 4 is 15.6 Å². The molecule has 19 heavy (non-hydrogen) atoms. The second kappa shape index (κ2) is 7.32. The Morgan fingerprint density at radius 1 is 1.37 bits per heavy atom. The summed E-state index contributed by atoms with van der Waals surface area (Å²) in [6, 6.07) is 0.743. The lowest BCUT2D eigenvalue weighted by atomic mass is 9.96. The topological polar surface area (TPSA) is 29.5 Å². The van der Waals surface area contributed by atoms with E-state index in [0.717, 1.165) is 6.04 Å². The first-order valence-electron chi connectivity index (χ1n) is 5.89. The highest BCUT2D eigenvalue weighted by molar-refractivity contribution is 6.33. The van der Waals surface area contributed by atoms with Gasteiger partial charge in [0.15, 0.2) is 0 Å². The van der Waals surface area contributed by atoms with Gasteiger partial charge in [0.2, 0.25) is 0 Å². The number of carbonyl (C=O) groups is 1. The molecule has 0 rings (SSSR count). The molecule has 1 amide bonds. The highest BCUT2D eigenvalue weighted by Gasteiger charge is 2.33. The Morgan fingerprint density at radius 3 is 2.32 bits per heavy atom. The van der Waals surface area contributed by atoms with Crippen LogP contribution in [-0.2, 0) is 4.74 Å². The van der Waals surface area contributed by atoms with Gasteiger partial charge in [-0.05, 0) is 39.5 Å². The zero-order valence-electron chi connectivity index (χ0n) is 11.4. The number of hydrogen-bond acceptors (Lipinski definition) is 2. The summed E-state index contributed by atoms with van der Waals surface area (Å²) in [6.07, 6.45) is -0.651. The minimum absolute atomic E-state index is 0.113. The molecule has 0 saturated heterocycles. The summed E-state index contributed by atoms with van der Waals surface area (Å²) >= 11 is 0. The summed E-state index contributed by atoms with van der Waals surface area (Å²) in [5, 5.41) is 0. The normalized spacial score (nSPS) is 14.1. The van der Waals surface area contributed by atoms with Crippen molar-refractivity contribution in [2.75, 3.05) is 0 Å². The van der Waals surface area contributed by atoms with Gasteiger partial charge in [-0.15, -0.1) is 0 Å². The van der Waals surface area contributed by atoms with Gasteiger partial charge in [0.25, 0.3) is 0 Å². The zero-order valence-corrected chi connectivity index (χ0v) is 12.4. The van der Waals surface area contributed by atoms with E-state index in [-0.39, 0.29) is 18.8 Å². The lowest BCUT2D eigenvalue weighted by molar-refractivity contribution is 0.0311. The van der Waals surface area contributed by atoms with E-state index in [1.807, 2.05) is 6.55 Å². The summed E-state index contributed by atoms with van der Waals surface area (Å²) in [7, 11) is 6.12. The van der Waals surface area contributed by atoms with E-state index < -0.39 is 17.2 Å². The van der Waals surface area contributed by atoms with Gasteiger partial charge in [-0.2, -0.15) is 0 Å². The van der Waals surface area contributed by atoms with Crippen molar-refractivity contribution in [1.29, 1.82) is 0 Å². The maximum Gasteiger partial charge on any atom is 0.411 e. The minimum atomic E-state index is -1.71. The van der Waals surface area contributed by atoms with Gasteiger partial charge in [0, 0.05) is 23.4 Å². The lowest BCUT2D eigenvalue weighted by Gasteiger charge is -2.36. The molecule has 0 N–H and O–H groups in total. The minimum Gasteiger partial charge on any atom is -0.442 e. The molecule has 0 aliphatic rings. The number of amides is 1. The Labute approximate surface area is 121 Å². The van der Waals surface area contributed by atoms with Crippen LogP contribution in [0.5, 0.6) is 0 Å². The molecular weight excluding hydrogens is 254 g/mol. The molecule has 0 fully saturated rings. The first-order chi connectivity index (χ1) is 8.55. The SMILES string of the molecule is [CH]C(C[Si]C)CC([CH])([CH])OC(=O)N([CH])C([CH])([CH])CC. The zero-order chi connectivity index (χ0) is 15.3. The first-order valence-corrected chi connectivity index (χ1v) is 7.60. The maximum atomic E-state index is 11.7. The smallest absolute Gasteiger partial charge is 0.411 e. The molecule has 100 valence electrons. The van der Waals surface area contributed by atoms with Crippen LogP contribution in [0, 0.1) is 47.6 Å². The van der Waals surface area contributed by atoms with Crippen LogP contribution in [0.3, 0.4) is 0 Å². The average molecular weight is 273 g/mol. The third-order valence-electron chi connectivity index (χ3n) is 2.54. The van der Waals surface area contributed by atoms with Crippen molar-refractivity contribution in [2.45, 2.75) is 43.5 Å². The van der Waals surface area contributed by atoms with Gasteiger partial charge in [-0.1, -0.05) is 19.5 Å². The molecule has 3 nitrogen and oxygen atoms in total. The van der Waals surface area contributed by atoms with E-state index in [9.17, 15) is 4.79 Å². The van der Waals surface area contributed by atoms with Gasteiger partial charge in [0.1, 0.15) is 5.60 Å². The van der Waals surface area contributed by atoms with E-state index in [0.29, 0.717) is 14.4 Å². The molecule has 1 unspecified atom stereocenters. The summed E-state index contributed by atoms with van der Waals surface area (Å²) < 4.78 is 4.89. The standard InChI is InChI=1S/C15H19NO2Si/c1-9-14(3,4)16(7)13(17)18-15(5,6)10-12(2)11-19-8/h2-7,12H,9-11H2,1,8H3. The van der Waals surface area contributed by atoms with Crippen molar-refractivity contribution < 1.29 is 9.53 Å². The largest absolute Gasteiger partial charge is 0.442 e. The second-order valence-corrected chi connectivity index (χ2v) is 5.67. The molecule has 0 aliphatic carbocycles. The molecule has 0 saturated carbocycles. The fourth-order valence-corrected chi connectivity index (χ4v) is 2.01. The van der Waals surface area contributed by atoms with Gasteiger partial charge in [0.05, 0.1) is 12.6 Å². The summed E-state index contributed by atoms with van der Waals surface area (Å²) in [4.78, 5) is 12.3. The van der Waals surface area contributed by atoms with E-state index in [1.54, 1.807) is 6.92 Å². The molecule has 4 heteroatoms. The lowest BCUT2D eigenvalue weighted by Crippen LogP contribution is -2.46. The molecule has 0 aromatic rings. The van der Waals surface area contributed by atoms with Crippen LogP contribution in [0.1, 0.15) is 19.8 Å². The number of nitrogens with zero attached hydrogens (tertiary/aromatic N) is 1. The molecule has 0 bridgehead atoms. The van der Waals surface area contributed by atoms with Gasteiger partial charge >= 0.3 is 6.09 Å². The van der Waals surface area contributed by atoms with Crippen molar-refractivity contribution in [2.24, 2.45) is 5.92 Å². The molecule has 0 aliphatic heterocycles. The van der Waals surface area contributed by atoms with Crippen LogP contribution >= 0.6 is 0 Å². The highest BCUT2D eigenvalue weighted by Crippen LogP contribution is 2.25. The average Bonchev–Trinajstić information content (AvgIpc) is 2.26. The predicted molar refractivity (Wildman–Crippen MR) is 74.4 cm³/mol. The molecule has 1 atom stereocenters. The highest BCUT2D eigenvalue weighted by atomic mass is 28.2. The van der Waals surface area contributed by atoms with Crippen molar-refractivity contribution in [1.82, 2.24) is 4.90 Å². The molecule has 0 heterocycles. The molecule has 0 spiro atoms. The van der Waals surface area contributed by atoms with Crippen LogP contribution in [0.15, 0.2) is 0 Å². The Morgan fingerprint density at radius 2 is 1.89 bits per heavy atom. The van der Waals surface area contributed by atoms with Gasteiger partial charge in [-0.25, -0.2) is 4.79 Å².